The highest BCUT2D eigenvalue weighted by Gasteiger charge is 2.35. The van der Waals surface area contributed by atoms with E-state index in [0.717, 1.165) is 22.3 Å². The maximum atomic E-state index is 12.5. The highest BCUT2D eigenvalue weighted by Crippen LogP contribution is 2.35. The maximum absolute atomic E-state index is 12.5. The van der Waals surface area contributed by atoms with Crippen LogP contribution in [0.5, 0.6) is 0 Å². The number of nitrogens with zero attached hydrogens (tertiary/aromatic N) is 1. The van der Waals surface area contributed by atoms with E-state index in [1.54, 1.807) is 12.1 Å². The molecule has 1 N–H and O–H groups in total. The first-order chi connectivity index (χ1) is 11.3. The van der Waals surface area contributed by atoms with E-state index in [0.29, 0.717) is 0 Å². The van der Waals surface area contributed by atoms with Crippen molar-refractivity contribution in [3.05, 3.63) is 46.3 Å². The average Bonchev–Trinajstić information content (AvgIpc) is 3.23. The van der Waals surface area contributed by atoms with Gasteiger partial charge >= 0.3 is 6.18 Å². The quantitative estimate of drug-likeness (QED) is 0.711. The van der Waals surface area contributed by atoms with E-state index in [4.69, 9.17) is 0 Å². The Morgan fingerprint density at radius 3 is 2.67 bits per heavy atom. The van der Waals surface area contributed by atoms with Crippen LogP contribution in [0.15, 0.2) is 44.4 Å². The summed E-state index contributed by atoms with van der Waals surface area (Å²) in [5.74, 6) is -0.132. The number of alkyl halides is 3. The van der Waals surface area contributed by atoms with Crippen molar-refractivity contribution in [2.24, 2.45) is 0 Å². The normalized spacial score (nSPS) is 12.6. The number of hydrogen-bond donors (Lipinski definition) is 1. The van der Waals surface area contributed by atoms with Gasteiger partial charge in [0.25, 0.3) is 0 Å². The number of aromatic nitrogens is 1. The molecule has 128 valence electrons. The lowest BCUT2D eigenvalue weighted by atomic mass is 10.3. The monoisotopic (exact) mass is 394 g/mol. The van der Waals surface area contributed by atoms with Crippen molar-refractivity contribution in [2.45, 2.75) is 16.9 Å². The molecule has 0 aliphatic heterocycles. The number of halogens is 3. The van der Waals surface area contributed by atoms with Crippen LogP contribution in [0.25, 0.3) is 10.6 Å². The Morgan fingerprint density at radius 2 is 2.04 bits per heavy atom. The first-order valence-corrected chi connectivity index (χ1v) is 9.60. The van der Waals surface area contributed by atoms with Gasteiger partial charge < -0.3 is 4.52 Å². The minimum Gasteiger partial charge on any atom is -0.355 e. The van der Waals surface area contributed by atoms with Crippen LogP contribution >= 0.6 is 22.7 Å². The predicted octanol–water partition coefficient (Wildman–Crippen LogP) is 3.96. The van der Waals surface area contributed by atoms with Crippen molar-refractivity contribution in [2.75, 3.05) is 0 Å². The molecule has 11 heteroatoms. The lowest BCUT2D eigenvalue weighted by Crippen LogP contribution is -2.21. The lowest BCUT2D eigenvalue weighted by molar-refractivity contribution is -0.142. The first-order valence-electron chi connectivity index (χ1n) is 6.42. The smallest absolute Gasteiger partial charge is 0.355 e. The Balaban J connectivity index is 1.78. The molecule has 0 saturated heterocycles. The van der Waals surface area contributed by atoms with E-state index in [-0.39, 0.29) is 21.4 Å². The number of nitrogens with one attached hydrogen (secondary N) is 1. The van der Waals surface area contributed by atoms with Gasteiger partial charge in [-0.15, -0.1) is 22.7 Å². The average molecular weight is 394 g/mol. The fourth-order valence-corrected chi connectivity index (χ4v) is 4.81. The molecule has 0 fully saturated rings. The zero-order valence-electron chi connectivity index (χ0n) is 11.7. The fourth-order valence-electron chi connectivity index (χ4n) is 1.77. The molecule has 3 aromatic heterocycles. The Hall–Kier alpha value is -1.69. The van der Waals surface area contributed by atoms with E-state index >= 15 is 0 Å². The lowest BCUT2D eigenvalue weighted by Gasteiger charge is -2.02. The van der Waals surface area contributed by atoms with Gasteiger partial charge in [-0.1, -0.05) is 11.2 Å². The van der Waals surface area contributed by atoms with Crippen LogP contribution < -0.4 is 4.72 Å². The van der Waals surface area contributed by atoms with Crippen LogP contribution in [0.3, 0.4) is 0 Å². The van der Waals surface area contributed by atoms with Gasteiger partial charge in [0.05, 0.1) is 4.88 Å². The van der Waals surface area contributed by atoms with Crippen molar-refractivity contribution >= 4 is 32.7 Å². The van der Waals surface area contributed by atoms with E-state index in [2.05, 4.69) is 14.4 Å². The van der Waals surface area contributed by atoms with Crippen molar-refractivity contribution in [3.8, 4) is 10.6 Å². The molecule has 0 aliphatic carbocycles. The van der Waals surface area contributed by atoms with E-state index in [1.807, 2.05) is 5.38 Å². The third kappa shape index (κ3) is 3.69. The summed E-state index contributed by atoms with van der Waals surface area (Å²) in [4.78, 5) is 1.09. The van der Waals surface area contributed by atoms with E-state index in [9.17, 15) is 21.6 Å². The summed E-state index contributed by atoms with van der Waals surface area (Å²) >= 11 is 2.22. The molecule has 0 radical (unpaired) electrons. The van der Waals surface area contributed by atoms with Crippen LogP contribution in [-0.4, -0.2) is 13.6 Å². The summed E-state index contributed by atoms with van der Waals surface area (Å²) in [6, 6.07) is 7.03. The predicted molar refractivity (Wildman–Crippen MR) is 83.2 cm³/mol. The van der Waals surface area contributed by atoms with Gasteiger partial charge in [0.2, 0.25) is 10.0 Å². The topological polar surface area (TPSA) is 72.2 Å². The molecule has 0 aliphatic rings. The highest BCUT2D eigenvalue weighted by atomic mass is 32.2. The molecule has 0 spiro atoms. The molecule has 3 rings (SSSR count). The summed E-state index contributed by atoms with van der Waals surface area (Å²) < 4.78 is 69.1. The first kappa shape index (κ1) is 17.1. The minimum absolute atomic E-state index is 0.0148. The second-order valence-corrected chi connectivity index (χ2v) is 8.71. The van der Waals surface area contributed by atoms with Gasteiger partial charge in [0, 0.05) is 17.5 Å². The number of thiophene rings is 2. The van der Waals surface area contributed by atoms with Gasteiger partial charge in [-0.05, 0) is 23.6 Å². The molecule has 0 saturated carbocycles. The number of hydrogen-bond acceptors (Lipinski definition) is 6. The van der Waals surface area contributed by atoms with Crippen LogP contribution in [-0.2, 0) is 22.7 Å². The summed E-state index contributed by atoms with van der Waals surface area (Å²) in [5.41, 5.74) is -1.16. The zero-order chi connectivity index (χ0) is 17.4. The molecule has 0 bridgehead atoms. The molecular weight excluding hydrogens is 385 g/mol. The Labute approximate surface area is 142 Å². The summed E-state index contributed by atoms with van der Waals surface area (Å²) in [6.07, 6.45) is -4.61. The highest BCUT2D eigenvalue weighted by molar-refractivity contribution is 7.91. The second-order valence-electron chi connectivity index (χ2n) is 4.60. The fraction of sp³-hybridized carbons (Fsp3) is 0.154. The Kier molecular flexibility index (Phi) is 4.51. The number of sulfonamides is 1. The van der Waals surface area contributed by atoms with Crippen LogP contribution in [0.2, 0.25) is 0 Å². The molecule has 3 heterocycles. The standard InChI is InChI=1S/C13H9F3N2O3S3/c14-13(15,16)11-6-9(21-18-11)10-3-4-12(23-10)24(19,20)17-7-8-2-1-5-22-8/h1-6,17H,7H2. The number of rotatable bonds is 5. The zero-order valence-corrected chi connectivity index (χ0v) is 14.2. The summed E-state index contributed by atoms with van der Waals surface area (Å²) in [5, 5.41) is 4.78. The summed E-state index contributed by atoms with van der Waals surface area (Å²) in [7, 11) is -3.75. The van der Waals surface area contributed by atoms with Crippen molar-refractivity contribution < 1.29 is 26.1 Å². The minimum atomic E-state index is -4.61. The van der Waals surface area contributed by atoms with Crippen molar-refractivity contribution in [1.82, 2.24) is 9.88 Å². The van der Waals surface area contributed by atoms with Gasteiger partial charge in [0.1, 0.15) is 4.21 Å². The van der Waals surface area contributed by atoms with Gasteiger partial charge in [-0.2, -0.15) is 13.2 Å². The van der Waals surface area contributed by atoms with Crippen LogP contribution in [0, 0.1) is 0 Å². The largest absolute Gasteiger partial charge is 0.436 e. The van der Waals surface area contributed by atoms with Gasteiger partial charge in [-0.25, -0.2) is 13.1 Å². The van der Waals surface area contributed by atoms with E-state index in [1.165, 1.54) is 23.5 Å². The second kappa shape index (κ2) is 6.31. The van der Waals surface area contributed by atoms with Crippen molar-refractivity contribution in [1.29, 1.82) is 0 Å². The molecule has 24 heavy (non-hydrogen) atoms. The third-order valence-corrected chi connectivity index (χ3v) is 6.78. The molecule has 0 amide bonds. The van der Waals surface area contributed by atoms with Crippen LogP contribution in [0.1, 0.15) is 10.6 Å². The molecule has 0 aromatic carbocycles. The molecule has 0 atom stereocenters. The van der Waals surface area contributed by atoms with Crippen LogP contribution in [0.4, 0.5) is 13.2 Å². The Bertz CT molecular complexity index is 927. The van der Waals surface area contributed by atoms with Gasteiger partial charge in [-0.3, -0.25) is 0 Å². The molecule has 3 aromatic rings. The molecule has 5 nitrogen and oxygen atoms in total. The van der Waals surface area contributed by atoms with E-state index < -0.39 is 21.9 Å². The SMILES string of the molecule is O=S(=O)(NCc1cccs1)c1ccc(-c2cc(C(F)(F)F)no2)s1. The third-order valence-electron chi connectivity index (χ3n) is 2.91. The van der Waals surface area contributed by atoms with Crippen molar-refractivity contribution in [3.63, 3.8) is 0 Å². The Morgan fingerprint density at radius 1 is 1.25 bits per heavy atom. The summed E-state index contributed by atoms with van der Waals surface area (Å²) in [6.45, 7) is 0.147. The molecular formula is C13H9F3N2O3S3. The maximum Gasteiger partial charge on any atom is 0.436 e. The van der Waals surface area contributed by atoms with Gasteiger partial charge in [0.15, 0.2) is 11.5 Å². The molecule has 0 unspecified atom stereocenters.